The predicted molar refractivity (Wildman–Crippen MR) is 49.2 cm³/mol. The first kappa shape index (κ1) is 10.1. The fourth-order valence-corrected chi connectivity index (χ4v) is 3.98. The fraction of sp³-hybridized carbons (Fsp3) is 0.667. The van der Waals surface area contributed by atoms with E-state index in [1.165, 1.54) is 0 Å². The number of ether oxygens (including phenoxy) is 1. The molecule has 0 spiro atoms. The highest BCUT2D eigenvalue weighted by Gasteiger charge is 2.20. The minimum atomic E-state index is -1.46. The van der Waals surface area contributed by atoms with E-state index in [-0.39, 0.29) is 0 Å². The van der Waals surface area contributed by atoms with E-state index in [0.717, 1.165) is 6.23 Å². The number of hydrogen-bond acceptors (Lipinski definition) is 2. The van der Waals surface area contributed by atoms with Gasteiger partial charge in [-0.2, -0.15) is 0 Å². The van der Waals surface area contributed by atoms with E-state index in [1.54, 1.807) is 7.11 Å². The molecule has 0 atom stereocenters. The maximum atomic E-state index is 5.65. The molecule has 0 fully saturated rings. The molecule has 0 aliphatic carbocycles. The summed E-state index contributed by atoms with van der Waals surface area (Å²) >= 11 is 0. The van der Waals surface area contributed by atoms with E-state index >= 15 is 0 Å². The molecule has 0 saturated heterocycles. The highest BCUT2D eigenvalue weighted by Crippen LogP contribution is 2.02. The SMILES string of the molecule is C=C[SiH2]O[Si](C)(C)COC. The molecule has 0 radical (unpaired) electrons. The van der Waals surface area contributed by atoms with Gasteiger partial charge in [0, 0.05) is 7.11 Å². The lowest BCUT2D eigenvalue weighted by molar-refractivity contribution is 0.235. The van der Waals surface area contributed by atoms with Crippen LogP contribution < -0.4 is 0 Å². The molecular formula is C6H16O2Si2. The summed E-state index contributed by atoms with van der Waals surface area (Å²) in [6.07, 6.45) is 0.786. The van der Waals surface area contributed by atoms with Crippen LogP contribution in [0, 0.1) is 0 Å². The average Bonchev–Trinajstić information content (AvgIpc) is 1.84. The van der Waals surface area contributed by atoms with Crippen LogP contribution in [0.5, 0.6) is 0 Å². The van der Waals surface area contributed by atoms with Crippen LogP contribution >= 0.6 is 0 Å². The van der Waals surface area contributed by atoms with Crippen LogP contribution in [0.2, 0.25) is 13.1 Å². The summed E-state index contributed by atoms with van der Waals surface area (Å²) in [5, 5.41) is 0. The zero-order valence-electron chi connectivity index (χ0n) is 7.02. The summed E-state index contributed by atoms with van der Waals surface area (Å²) < 4.78 is 10.7. The molecule has 0 unspecified atom stereocenters. The van der Waals surface area contributed by atoms with Crippen LogP contribution in [0.25, 0.3) is 0 Å². The Kier molecular flexibility index (Phi) is 4.89. The van der Waals surface area contributed by atoms with Gasteiger partial charge in [0.1, 0.15) is 0 Å². The number of hydrogen-bond donors (Lipinski definition) is 0. The van der Waals surface area contributed by atoms with Crippen LogP contribution in [0.3, 0.4) is 0 Å². The second-order valence-corrected chi connectivity index (χ2v) is 8.67. The van der Waals surface area contributed by atoms with Crippen molar-refractivity contribution in [3.05, 3.63) is 12.3 Å². The van der Waals surface area contributed by atoms with Crippen molar-refractivity contribution in [3.8, 4) is 0 Å². The smallest absolute Gasteiger partial charge is 0.199 e. The van der Waals surface area contributed by atoms with Crippen molar-refractivity contribution in [2.24, 2.45) is 0 Å². The molecule has 0 heterocycles. The van der Waals surface area contributed by atoms with Crippen molar-refractivity contribution in [1.29, 1.82) is 0 Å². The third kappa shape index (κ3) is 4.93. The third-order valence-electron chi connectivity index (χ3n) is 1.08. The fourth-order valence-electron chi connectivity index (χ4n) is 0.674. The van der Waals surface area contributed by atoms with E-state index in [0.29, 0.717) is 0 Å². The summed E-state index contributed by atoms with van der Waals surface area (Å²) in [6, 6.07) is 0. The molecule has 0 aromatic rings. The molecule has 0 aromatic carbocycles. The molecule has 0 aliphatic heterocycles. The standard InChI is InChI=1S/C6H16O2Si2/c1-5-9-8-10(3,4)6-7-2/h5H,1,6,9H2,2-4H3. The summed E-state index contributed by atoms with van der Waals surface area (Å²) in [5.41, 5.74) is 1.91. The van der Waals surface area contributed by atoms with Gasteiger partial charge in [-0.3, -0.25) is 0 Å². The number of methoxy groups -OCH3 is 1. The van der Waals surface area contributed by atoms with E-state index in [4.69, 9.17) is 8.85 Å². The van der Waals surface area contributed by atoms with Gasteiger partial charge in [0.05, 0.1) is 6.23 Å². The topological polar surface area (TPSA) is 18.5 Å². The van der Waals surface area contributed by atoms with Gasteiger partial charge in [0.25, 0.3) is 0 Å². The first-order valence-electron chi connectivity index (χ1n) is 3.36. The van der Waals surface area contributed by atoms with Gasteiger partial charge in [-0.15, -0.1) is 6.58 Å². The Hall–Kier alpha value is 0.0938. The second-order valence-electron chi connectivity index (χ2n) is 2.79. The molecule has 2 nitrogen and oxygen atoms in total. The molecule has 4 heteroatoms. The highest BCUT2D eigenvalue weighted by molar-refractivity contribution is 6.75. The third-order valence-corrected chi connectivity index (χ3v) is 6.10. The van der Waals surface area contributed by atoms with Crippen LogP contribution in [-0.2, 0) is 8.85 Å². The lowest BCUT2D eigenvalue weighted by atomic mass is 11.3. The minimum absolute atomic E-state index is 0.457. The van der Waals surface area contributed by atoms with Crippen LogP contribution in [0.15, 0.2) is 12.3 Å². The lowest BCUT2D eigenvalue weighted by Crippen LogP contribution is -2.37. The van der Waals surface area contributed by atoms with Crippen molar-refractivity contribution in [3.63, 3.8) is 0 Å². The summed E-state index contributed by atoms with van der Waals surface area (Å²) in [5.74, 6) is 0. The van der Waals surface area contributed by atoms with E-state index < -0.39 is 18.1 Å². The molecule has 0 N–H and O–H groups in total. The average molecular weight is 176 g/mol. The zero-order valence-corrected chi connectivity index (χ0v) is 9.43. The van der Waals surface area contributed by atoms with Gasteiger partial charge in [-0.05, 0) is 13.1 Å². The molecular weight excluding hydrogens is 160 g/mol. The van der Waals surface area contributed by atoms with Crippen molar-refractivity contribution < 1.29 is 8.85 Å². The predicted octanol–water partition coefficient (Wildman–Crippen LogP) is 0.621. The largest absolute Gasteiger partial charge is 0.456 e. The van der Waals surface area contributed by atoms with Crippen LogP contribution in [0.4, 0.5) is 0 Å². The van der Waals surface area contributed by atoms with E-state index in [2.05, 4.69) is 19.7 Å². The molecule has 0 rings (SSSR count). The molecule has 0 bridgehead atoms. The van der Waals surface area contributed by atoms with Gasteiger partial charge >= 0.3 is 0 Å². The van der Waals surface area contributed by atoms with Crippen molar-refractivity contribution >= 4 is 18.1 Å². The van der Waals surface area contributed by atoms with Crippen molar-refractivity contribution in [2.45, 2.75) is 13.1 Å². The molecule has 10 heavy (non-hydrogen) atoms. The normalized spacial score (nSPS) is 12.7. The van der Waals surface area contributed by atoms with Gasteiger partial charge in [-0.1, -0.05) is 5.70 Å². The van der Waals surface area contributed by atoms with Crippen LogP contribution in [-0.4, -0.2) is 31.4 Å². The first-order chi connectivity index (χ1) is 4.62. The van der Waals surface area contributed by atoms with Crippen molar-refractivity contribution in [1.82, 2.24) is 0 Å². The molecule has 0 aliphatic rings. The summed E-state index contributed by atoms with van der Waals surface area (Å²) in [7, 11) is -0.197. The Balaban J connectivity index is 3.51. The maximum absolute atomic E-state index is 5.65. The zero-order chi connectivity index (χ0) is 8.04. The van der Waals surface area contributed by atoms with Gasteiger partial charge < -0.3 is 8.85 Å². The Morgan fingerprint density at radius 2 is 2.20 bits per heavy atom. The first-order valence-corrected chi connectivity index (χ1v) is 7.87. The van der Waals surface area contributed by atoms with Gasteiger partial charge in [0.2, 0.25) is 0 Å². The quantitative estimate of drug-likeness (QED) is 0.572. The Labute approximate surface area is 66.3 Å². The van der Waals surface area contributed by atoms with Gasteiger partial charge in [-0.25, -0.2) is 0 Å². The number of rotatable bonds is 5. The minimum Gasteiger partial charge on any atom is -0.456 e. The summed E-state index contributed by atoms with van der Waals surface area (Å²) in [4.78, 5) is 0. The second kappa shape index (κ2) is 4.84. The maximum Gasteiger partial charge on any atom is 0.199 e. The molecule has 0 amide bonds. The Morgan fingerprint density at radius 1 is 1.60 bits per heavy atom. The lowest BCUT2D eigenvalue weighted by Gasteiger charge is -2.20. The summed E-state index contributed by atoms with van der Waals surface area (Å²) in [6.45, 7) is 7.96. The molecule has 60 valence electrons. The van der Waals surface area contributed by atoms with E-state index in [1.807, 2.05) is 5.70 Å². The van der Waals surface area contributed by atoms with Crippen LogP contribution in [0.1, 0.15) is 0 Å². The van der Waals surface area contributed by atoms with E-state index in [9.17, 15) is 0 Å². The Morgan fingerprint density at radius 3 is 2.60 bits per heavy atom. The highest BCUT2D eigenvalue weighted by atomic mass is 28.4. The monoisotopic (exact) mass is 176 g/mol. The molecule has 0 saturated carbocycles. The Bertz CT molecular complexity index is 104. The van der Waals surface area contributed by atoms with Gasteiger partial charge in [0.15, 0.2) is 18.1 Å². The molecule has 0 aromatic heterocycles. The van der Waals surface area contributed by atoms with Crippen molar-refractivity contribution in [2.75, 3.05) is 13.3 Å².